The Kier molecular flexibility index (Phi) is 4.95. The third-order valence-corrected chi connectivity index (χ3v) is 4.66. The molecule has 1 atom stereocenters. The van der Waals surface area contributed by atoms with Crippen molar-refractivity contribution in [2.24, 2.45) is 0 Å². The van der Waals surface area contributed by atoms with E-state index in [9.17, 15) is 13.2 Å². The van der Waals surface area contributed by atoms with E-state index in [-0.39, 0.29) is 11.9 Å². The van der Waals surface area contributed by atoms with Crippen molar-refractivity contribution in [2.45, 2.75) is 38.8 Å². The summed E-state index contributed by atoms with van der Waals surface area (Å²) < 4.78 is 30.7. The zero-order valence-electron chi connectivity index (χ0n) is 13.1. The van der Waals surface area contributed by atoms with E-state index < -0.39 is 16.1 Å². The van der Waals surface area contributed by atoms with Crippen molar-refractivity contribution in [2.75, 3.05) is 17.2 Å². The lowest BCUT2D eigenvalue weighted by Gasteiger charge is -2.28. The normalized spacial score (nSPS) is 16.0. The van der Waals surface area contributed by atoms with Crippen LogP contribution in [0, 0.1) is 0 Å². The largest absolute Gasteiger partial charge is 0.494 e. The molecule has 1 aliphatic rings. The fourth-order valence-electron chi connectivity index (χ4n) is 2.21. The second-order valence-corrected chi connectivity index (χ2v) is 7.30. The number of carbonyl (C=O) groups is 1. The molecule has 1 fully saturated rings. The minimum Gasteiger partial charge on any atom is -0.494 e. The van der Waals surface area contributed by atoms with Gasteiger partial charge in [-0.05, 0) is 51.0 Å². The number of hydrogen-bond acceptors (Lipinski definition) is 4. The first-order valence-electron chi connectivity index (χ1n) is 7.35. The second kappa shape index (κ2) is 6.56. The molecule has 1 aromatic carbocycles. The maximum Gasteiger partial charge on any atom is 0.243 e. The number of amides is 1. The lowest BCUT2D eigenvalue weighted by Crippen LogP contribution is -2.48. The van der Waals surface area contributed by atoms with Crippen LogP contribution in [0.2, 0.25) is 0 Å². The van der Waals surface area contributed by atoms with E-state index in [1.807, 2.05) is 6.92 Å². The number of benzene rings is 1. The van der Waals surface area contributed by atoms with Crippen LogP contribution < -0.4 is 14.4 Å². The predicted octanol–water partition coefficient (Wildman–Crippen LogP) is 1.52. The van der Waals surface area contributed by atoms with Crippen molar-refractivity contribution in [3.63, 3.8) is 0 Å². The van der Waals surface area contributed by atoms with E-state index in [0.29, 0.717) is 18.0 Å². The first kappa shape index (κ1) is 16.6. The molecule has 0 heterocycles. The summed E-state index contributed by atoms with van der Waals surface area (Å²) in [5.41, 5.74) is 0.449. The van der Waals surface area contributed by atoms with Crippen LogP contribution in [0.15, 0.2) is 24.3 Å². The van der Waals surface area contributed by atoms with Crippen LogP contribution in [0.3, 0.4) is 0 Å². The Balaban J connectivity index is 2.23. The monoisotopic (exact) mass is 326 g/mol. The Morgan fingerprint density at radius 3 is 2.41 bits per heavy atom. The molecule has 0 aromatic heterocycles. The first-order valence-corrected chi connectivity index (χ1v) is 9.20. The Morgan fingerprint density at radius 2 is 1.95 bits per heavy atom. The topological polar surface area (TPSA) is 75.7 Å². The van der Waals surface area contributed by atoms with Crippen LogP contribution in [-0.4, -0.2) is 39.3 Å². The van der Waals surface area contributed by atoms with Gasteiger partial charge in [0.25, 0.3) is 0 Å². The number of sulfonamides is 1. The van der Waals surface area contributed by atoms with Crippen LogP contribution >= 0.6 is 0 Å². The molecular formula is C15H22N2O4S. The van der Waals surface area contributed by atoms with Crippen LogP contribution in [0.5, 0.6) is 5.75 Å². The lowest BCUT2D eigenvalue weighted by molar-refractivity contribution is -0.121. The predicted molar refractivity (Wildman–Crippen MR) is 85.6 cm³/mol. The molecule has 1 saturated carbocycles. The fraction of sp³-hybridized carbons (Fsp3) is 0.533. The van der Waals surface area contributed by atoms with E-state index in [0.717, 1.165) is 23.4 Å². The van der Waals surface area contributed by atoms with E-state index in [1.165, 1.54) is 0 Å². The average Bonchev–Trinajstić information content (AvgIpc) is 3.23. The van der Waals surface area contributed by atoms with Gasteiger partial charge in [-0.1, -0.05) is 0 Å². The Morgan fingerprint density at radius 1 is 1.36 bits per heavy atom. The number of nitrogens with zero attached hydrogens (tertiary/aromatic N) is 1. The highest BCUT2D eigenvalue weighted by molar-refractivity contribution is 7.92. The zero-order chi connectivity index (χ0) is 16.3. The van der Waals surface area contributed by atoms with Gasteiger partial charge in [0, 0.05) is 6.04 Å². The van der Waals surface area contributed by atoms with Crippen molar-refractivity contribution in [3.05, 3.63) is 24.3 Å². The van der Waals surface area contributed by atoms with Gasteiger partial charge in [0.2, 0.25) is 15.9 Å². The van der Waals surface area contributed by atoms with Crippen molar-refractivity contribution in [1.29, 1.82) is 0 Å². The molecule has 1 N–H and O–H groups in total. The van der Waals surface area contributed by atoms with Crippen LogP contribution in [0.1, 0.15) is 26.7 Å². The fourth-order valence-corrected chi connectivity index (χ4v) is 3.39. The average molecular weight is 326 g/mol. The van der Waals surface area contributed by atoms with E-state index in [1.54, 1.807) is 31.2 Å². The molecule has 0 aliphatic heterocycles. The van der Waals surface area contributed by atoms with Gasteiger partial charge in [0.1, 0.15) is 11.8 Å². The highest BCUT2D eigenvalue weighted by atomic mass is 32.2. The summed E-state index contributed by atoms with van der Waals surface area (Å²) in [6, 6.07) is 6.08. The Hall–Kier alpha value is -1.76. The third-order valence-electron chi connectivity index (χ3n) is 3.41. The van der Waals surface area contributed by atoms with Gasteiger partial charge in [-0.15, -0.1) is 0 Å². The summed E-state index contributed by atoms with van der Waals surface area (Å²) in [6.45, 7) is 4.01. The van der Waals surface area contributed by atoms with Crippen LogP contribution in [0.4, 0.5) is 5.69 Å². The van der Waals surface area contributed by atoms with Gasteiger partial charge in [0.15, 0.2) is 0 Å². The maximum atomic E-state index is 12.2. The summed E-state index contributed by atoms with van der Waals surface area (Å²) in [5.74, 6) is 0.386. The Labute approximate surface area is 131 Å². The number of carbonyl (C=O) groups excluding carboxylic acids is 1. The number of ether oxygens (including phenoxy) is 1. The van der Waals surface area contributed by atoms with Gasteiger partial charge in [-0.3, -0.25) is 9.10 Å². The summed E-state index contributed by atoms with van der Waals surface area (Å²) in [6.07, 6.45) is 3.02. The highest BCUT2D eigenvalue weighted by Gasteiger charge is 2.32. The highest BCUT2D eigenvalue weighted by Crippen LogP contribution is 2.25. The molecular weight excluding hydrogens is 304 g/mol. The number of nitrogens with one attached hydrogen (secondary N) is 1. The molecule has 6 nitrogen and oxygen atoms in total. The van der Waals surface area contributed by atoms with Gasteiger partial charge >= 0.3 is 0 Å². The summed E-state index contributed by atoms with van der Waals surface area (Å²) in [7, 11) is -3.57. The standard InChI is InChI=1S/C15H22N2O4S/c1-4-21-14-9-7-13(8-10-14)17(22(3,19)20)11(2)15(18)16-12-5-6-12/h7-12H,4-6H2,1-3H3,(H,16,18)/t11-/m0/s1. The van der Waals surface area contributed by atoms with Crippen molar-refractivity contribution < 1.29 is 17.9 Å². The molecule has 2 rings (SSSR count). The lowest BCUT2D eigenvalue weighted by atomic mass is 10.2. The van der Waals surface area contributed by atoms with Gasteiger partial charge in [0.05, 0.1) is 18.6 Å². The van der Waals surface area contributed by atoms with Crippen molar-refractivity contribution in [1.82, 2.24) is 5.32 Å². The molecule has 0 radical (unpaired) electrons. The molecule has 1 amide bonds. The van der Waals surface area contributed by atoms with Gasteiger partial charge in [-0.25, -0.2) is 8.42 Å². The van der Waals surface area contributed by atoms with Crippen LogP contribution in [-0.2, 0) is 14.8 Å². The van der Waals surface area contributed by atoms with Crippen molar-refractivity contribution >= 4 is 21.6 Å². The zero-order valence-corrected chi connectivity index (χ0v) is 13.9. The minimum atomic E-state index is -3.57. The van der Waals surface area contributed by atoms with Crippen molar-refractivity contribution in [3.8, 4) is 5.75 Å². The Bertz CT molecular complexity index is 623. The molecule has 1 aromatic rings. The number of rotatable bonds is 7. The number of hydrogen-bond donors (Lipinski definition) is 1. The van der Waals surface area contributed by atoms with E-state index in [2.05, 4.69) is 5.32 Å². The minimum absolute atomic E-state index is 0.191. The summed E-state index contributed by atoms with van der Waals surface area (Å²) in [4.78, 5) is 12.2. The molecule has 0 spiro atoms. The molecule has 0 unspecified atom stereocenters. The summed E-state index contributed by atoms with van der Waals surface area (Å²) in [5, 5.41) is 2.84. The molecule has 0 bridgehead atoms. The smallest absolute Gasteiger partial charge is 0.243 e. The second-order valence-electron chi connectivity index (χ2n) is 5.44. The molecule has 22 heavy (non-hydrogen) atoms. The maximum absolute atomic E-state index is 12.2. The SMILES string of the molecule is CCOc1ccc(N([C@@H](C)C(=O)NC2CC2)S(C)(=O)=O)cc1. The quantitative estimate of drug-likeness (QED) is 0.824. The van der Waals surface area contributed by atoms with E-state index >= 15 is 0 Å². The van der Waals surface area contributed by atoms with Gasteiger partial charge in [-0.2, -0.15) is 0 Å². The third kappa shape index (κ3) is 4.13. The molecule has 7 heteroatoms. The van der Waals surface area contributed by atoms with Crippen LogP contribution in [0.25, 0.3) is 0 Å². The number of anilines is 1. The van der Waals surface area contributed by atoms with Gasteiger partial charge < -0.3 is 10.1 Å². The first-order chi connectivity index (χ1) is 10.3. The van der Waals surface area contributed by atoms with E-state index in [4.69, 9.17) is 4.74 Å². The molecule has 1 aliphatic carbocycles. The molecule has 122 valence electrons. The summed E-state index contributed by atoms with van der Waals surface area (Å²) >= 11 is 0. The molecule has 0 saturated heterocycles.